The first-order valence-electron chi connectivity index (χ1n) is 11.4. The van der Waals surface area contributed by atoms with E-state index in [0.717, 1.165) is 34.8 Å². The third-order valence-electron chi connectivity index (χ3n) is 5.11. The molecule has 0 atom stereocenters. The van der Waals surface area contributed by atoms with Gasteiger partial charge in [-0.25, -0.2) is 10.2 Å². The molecule has 0 saturated carbocycles. The number of hydrogen-bond acceptors (Lipinski definition) is 5. The molecule has 0 aliphatic carbocycles. The number of benzene rings is 2. The highest BCUT2D eigenvalue weighted by molar-refractivity contribution is 5.95. The number of ether oxygens (including phenoxy) is 2. The number of nitrogens with one attached hydrogen (secondary N) is 1. The van der Waals surface area contributed by atoms with Crippen molar-refractivity contribution in [2.45, 2.75) is 47.1 Å². The van der Waals surface area contributed by atoms with Crippen molar-refractivity contribution in [1.29, 1.82) is 0 Å². The van der Waals surface area contributed by atoms with Crippen LogP contribution in [0.25, 0.3) is 5.69 Å². The van der Waals surface area contributed by atoms with Crippen LogP contribution in [0.15, 0.2) is 59.7 Å². The van der Waals surface area contributed by atoms with E-state index in [-0.39, 0.29) is 18.0 Å². The molecule has 0 aliphatic rings. The van der Waals surface area contributed by atoms with Gasteiger partial charge in [0.2, 0.25) is 0 Å². The van der Waals surface area contributed by atoms with Gasteiger partial charge < -0.3 is 14.0 Å². The Morgan fingerprint density at radius 3 is 2.47 bits per heavy atom. The van der Waals surface area contributed by atoms with E-state index in [1.165, 1.54) is 0 Å². The van der Waals surface area contributed by atoms with Crippen molar-refractivity contribution in [2.75, 3.05) is 6.61 Å². The van der Waals surface area contributed by atoms with Crippen LogP contribution >= 0.6 is 0 Å². The predicted molar refractivity (Wildman–Crippen MR) is 133 cm³/mol. The van der Waals surface area contributed by atoms with Crippen molar-refractivity contribution in [3.63, 3.8) is 0 Å². The molecule has 0 unspecified atom stereocenters. The standard InChI is InChI=1S/C27H31N3O4/c1-6-14-33-25-12-10-21(11-13-25)26(31)29-28-17-23-15-19(4)30(20(23)5)24-9-7-8-22(16-24)27(32)34-18(2)3/h7-13,15-18H,6,14H2,1-5H3,(H,29,31)/b28-17+. The molecule has 3 aromatic rings. The molecular formula is C27H31N3O4. The van der Waals surface area contributed by atoms with Gasteiger partial charge in [-0.05, 0) is 82.6 Å². The van der Waals surface area contributed by atoms with Crippen LogP contribution in [0.1, 0.15) is 64.9 Å². The van der Waals surface area contributed by atoms with Crippen LogP contribution in [0.2, 0.25) is 0 Å². The number of carbonyl (C=O) groups excluding carboxylic acids is 2. The number of hydrogen-bond donors (Lipinski definition) is 1. The number of nitrogens with zero attached hydrogens (tertiary/aromatic N) is 2. The molecular weight excluding hydrogens is 430 g/mol. The Morgan fingerprint density at radius 1 is 1.06 bits per heavy atom. The molecule has 0 saturated heterocycles. The minimum absolute atomic E-state index is 0.184. The molecule has 34 heavy (non-hydrogen) atoms. The van der Waals surface area contributed by atoms with Crippen LogP contribution in [-0.4, -0.2) is 35.4 Å². The van der Waals surface area contributed by atoms with Crippen molar-refractivity contribution in [3.05, 3.63) is 82.7 Å². The Morgan fingerprint density at radius 2 is 1.79 bits per heavy atom. The molecule has 7 nitrogen and oxygen atoms in total. The largest absolute Gasteiger partial charge is 0.494 e. The van der Waals surface area contributed by atoms with Crippen LogP contribution in [0.5, 0.6) is 5.75 Å². The zero-order valence-electron chi connectivity index (χ0n) is 20.3. The summed E-state index contributed by atoms with van der Waals surface area (Å²) in [5.41, 5.74) is 7.17. The van der Waals surface area contributed by atoms with E-state index in [0.29, 0.717) is 17.7 Å². The van der Waals surface area contributed by atoms with Crippen LogP contribution < -0.4 is 10.2 Å². The molecule has 3 rings (SSSR count). The highest BCUT2D eigenvalue weighted by Gasteiger charge is 2.14. The normalized spacial score (nSPS) is 11.1. The van der Waals surface area contributed by atoms with Crippen molar-refractivity contribution in [1.82, 2.24) is 9.99 Å². The van der Waals surface area contributed by atoms with E-state index in [1.807, 2.05) is 57.4 Å². The number of esters is 1. The van der Waals surface area contributed by atoms with Crippen molar-refractivity contribution >= 4 is 18.1 Å². The highest BCUT2D eigenvalue weighted by atomic mass is 16.5. The van der Waals surface area contributed by atoms with Crippen LogP contribution in [0.4, 0.5) is 0 Å². The van der Waals surface area contributed by atoms with Gasteiger partial charge in [0.15, 0.2) is 0 Å². The van der Waals surface area contributed by atoms with Crippen LogP contribution in [0.3, 0.4) is 0 Å². The Kier molecular flexibility index (Phi) is 8.24. The predicted octanol–water partition coefficient (Wildman–Crippen LogP) is 5.21. The molecule has 1 aromatic heterocycles. The van der Waals surface area contributed by atoms with Gasteiger partial charge in [0, 0.05) is 28.2 Å². The monoisotopic (exact) mass is 461 g/mol. The molecule has 1 amide bonds. The average molecular weight is 462 g/mol. The molecule has 2 aromatic carbocycles. The maximum Gasteiger partial charge on any atom is 0.338 e. The van der Waals surface area contributed by atoms with Crippen molar-refractivity contribution < 1.29 is 19.1 Å². The first-order valence-corrected chi connectivity index (χ1v) is 11.4. The number of rotatable bonds is 9. The van der Waals surface area contributed by atoms with Gasteiger partial charge >= 0.3 is 5.97 Å². The summed E-state index contributed by atoms with van der Waals surface area (Å²) in [7, 11) is 0. The van der Waals surface area contributed by atoms with Crippen LogP contribution in [-0.2, 0) is 4.74 Å². The summed E-state index contributed by atoms with van der Waals surface area (Å²) < 4.78 is 12.9. The van der Waals surface area contributed by atoms with Crippen molar-refractivity contribution in [2.24, 2.45) is 5.10 Å². The first-order chi connectivity index (χ1) is 16.3. The summed E-state index contributed by atoms with van der Waals surface area (Å²) in [6.07, 6.45) is 2.36. The molecule has 178 valence electrons. The maximum absolute atomic E-state index is 12.4. The van der Waals surface area contributed by atoms with Crippen molar-refractivity contribution in [3.8, 4) is 11.4 Å². The smallest absolute Gasteiger partial charge is 0.338 e. The Balaban J connectivity index is 1.72. The lowest BCUT2D eigenvalue weighted by molar-refractivity contribution is 0.0377. The van der Waals surface area contributed by atoms with E-state index >= 15 is 0 Å². The topological polar surface area (TPSA) is 81.9 Å². The number of amides is 1. The van der Waals surface area contributed by atoms with Gasteiger partial charge in [0.05, 0.1) is 24.5 Å². The molecule has 0 aliphatic heterocycles. The summed E-state index contributed by atoms with van der Waals surface area (Å²) in [5, 5.41) is 4.13. The second-order valence-electron chi connectivity index (χ2n) is 8.24. The Labute approximate surface area is 200 Å². The third-order valence-corrected chi connectivity index (χ3v) is 5.11. The van der Waals surface area contributed by atoms with Gasteiger partial charge in [0.25, 0.3) is 5.91 Å². The highest BCUT2D eigenvalue weighted by Crippen LogP contribution is 2.21. The molecule has 0 bridgehead atoms. The summed E-state index contributed by atoms with van der Waals surface area (Å²) in [6, 6.07) is 16.2. The fourth-order valence-electron chi connectivity index (χ4n) is 3.52. The fourth-order valence-corrected chi connectivity index (χ4v) is 3.52. The van der Waals surface area contributed by atoms with Gasteiger partial charge in [-0.1, -0.05) is 13.0 Å². The van der Waals surface area contributed by atoms with Gasteiger partial charge in [0.1, 0.15) is 5.75 Å². The number of aryl methyl sites for hydroxylation is 1. The fraction of sp³-hybridized carbons (Fsp3) is 0.296. The third kappa shape index (κ3) is 6.13. The van der Waals surface area contributed by atoms with E-state index in [4.69, 9.17) is 9.47 Å². The molecule has 0 spiro atoms. The van der Waals surface area contributed by atoms with Gasteiger partial charge in [-0.3, -0.25) is 4.79 Å². The lowest BCUT2D eigenvalue weighted by Gasteiger charge is -2.12. The Hall–Kier alpha value is -3.87. The summed E-state index contributed by atoms with van der Waals surface area (Å²) in [5.74, 6) is 0.0770. The lowest BCUT2D eigenvalue weighted by Crippen LogP contribution is -2.17. The van der Waals surface area contributed by atoms with Crippen LogP contribution in [0, 0.1) is 13.8 Å². The van der Waals surface area contributed by atoms with E-state index in [1.54, 1.807) is 42.6 Å². The number of hydrazone groups is 1. The summed E-state index contributed by atoms with van der Waals surface area (Å²) in [6.45, 7) is 10.3. The quantitative estimate of drug-likeness (QED) is 0.269. The molecule has 7 heteroatoms. The molecule has 1 N–H and O–H groups in total. The van der Waals surface area contributed by atoms with E-state index < -0.39 is 0 Å². The lowest BCUT2D eigenvalue weighted by atomic mass is 10.2. The summed E-state index contributed by atoms with van der Waals surface area (Å²) >= 11 is 0. The second kappa shape index (κ2) is 11.3. The van der Waals surface area contributed by atoms with E-state index in [2.05, 4.69) is 10.5 Å². The zero-order chi connectivity index (χ0) is 24.7. The zero-order valence-corrected chi connectivity index (χ0v) is 20.3. The number of aromatic nitrogens is 1. The van der Waals surface area contributed by atoms with E-state index in [9.17, 15) is 9.59 Å². The maximum atomic E-state index is 12.4. The summed E-state index contributed by atoms with van der Waals surface area (Å²) in [4.78, 5) is 24.7. The van der Waals surface area contributed by atoms with Gasteiger partial charge in [-0.2, -0.15) is 5.10 Å². The second-order valence-corrected chi connectivity index (χ2v) is 8.24. The Bertz CT molecular complexity index is 1180. The molecule has 0 radical (unpaired) electrons. The molecule has 1 heterocycles. The average Bonchev–Trinajstić information content (AvgIpc) is 3.10. The minimum Gasteiger partial charge on any atom is -0.494 e. The minimum atomic E-state index is -0.353. The number of carbonyl (C=O) groups is 2. The molecule has 0 fully saturated rings. The first kappa shape index (κ1) is 24.8. The van der Waals surface area contributed by atoms with Gasteiger partial charge in [-0.15, -0.1) is 0 Å². The SMILES string of the molecule is CCCOc1ccc(C(=O)N/N=C/c2cc(C)n(-c3cccc(C(=O)OC(C)C)c3)c2C)cc1.